The number of fused-ring (bicyclic) bond motifs is 1. The zero-order valence-corrected chi connectivity index (χ0v) is 17.9. The van der Waals surface area contributed by atoms with Crippen LogP contribution in [0.5, 0.6) is 0 Å². The highest BCUT2D eigenvalue weighted by Crippen LogP contribution is 2.28. The molecule has 0 bridgehead atoms. The van der Waals surface area contributed by atoms with E-state index >= 15 is 0 Å². The third-order valence-electron chi connectivity index (χ3n) is 5.97. The van der Waals surface area contributed by atoms with Gasteiger partial charge in [0.15, 0.2) is 5.65 Å². The lowest BCUT2D eigenvalue weighted by molar-refractivity contribution is 0.693. The summed E-state index contributed by atoms with van der Waals surface area (Å²) in [4.78, 5) is 9.34. The van der Waals surface area contributed by atoms with E-state index in [4.69, 9.17) is 10.1 Å². The van der Waals surface area contributed by atoms with Crippen molar-refractivity contribution in [3.8, 4) is 11.3 Å². The van der Waals surface area contributed by atoms with Gasteiger partial charge in [0.05, 0.1) is 5.39 Å². The van der Waals surface area contributed by atoms with Gasteiger partial charge in [0.25, 0.3) is 0 Å². The van der Waals surface area contributed by atoms with E-state index in [0.29, 0.717) is 12.0 Å². The molecule has 1 fully saturated rings. The van der Waals surface area contributed by atoms with Gasteiger partial charge in [0.2, 0.25) is 5.95 Å². The topological polar surface area (TPSA) is 67.7 Å². The third kappa shape index (κ3) is 4.44. The predicted molar refractivity (Wildman–Crippen MR) is 125 cm³/mol. The van der Waals surface area contributed by atoms with Crippen molar-refractivity contribution in [2.24, 2.45) is 7.05 Å². The van der Waals surface area contributed by atoms with Crippen molar-refractivity contribution in [3.63, 3.8) is 0 Å². The molecule has 0 radical (unpaired) electrons. The molecule has 1 aliphatic rings. The molecule has 0 atom stereocenters. The minimum atomic E-state index is 0.491. The molecule has 2 aromatic heterocycles. The zero-order chi connectivity index (χ0) is 21.0. The maximum atomic E-state index is 4.77. The highest BCUT2D eigenvalue weighted by molar-refractivity contribution is 5.91. The van der Waals surface area contributed by atoms with E-state index in [2.05, 4.69) is 64.1 Å². The Labute approximate surface area is 182 Å². The molecule has 0 unspecified atom stereocenters. The highest BCUT2D eigenvalue weighted by atomic mass is 15.3. The molecule has 0 saturated heterocycles. The van der Waals surface area contributed by atoms with Crippen molar-refractivity contribution in [3.05, 3.63) is 71.9 Å². The maximum absolute atomic E-state index is 4.77. The molecule has 0 spiro atoms. The zero-order valence-electron chi connectivity index (χ0n) is 17.9. The third-order valence-corrected chi connectivity index (χ3v) is 5.97. The SMILES string of the molecule is Cn1nc(-c2cccc(CNCc3ccccc3)c2)c2cnc(NC3CCCC3)nc21. The number of aromatic nitrogens is 4. The van der Waals surface area contributed by atoms with E-state index in [-0.39, 0.29) is 0 Å². The van der Waals surface area contributed by atoms with E-state index in [1.807, 2.05) is 24.0 Å². The van der Waals surface area contributed by atoms with E-state index in [1.165, 1.54) is 36.8 Å². The first kappa shape index (κ1) is 19.7. The van der Waals surface area contributed by atoms with Crippen LogP contribution in [0.15, 0.2) is 60.8 Å². The lowest BCUT2D eigenvalue weighted by atomic mass is 10.1. The van der Waals surface area contributed by atoms with Gasteiger partial charge in [0.1, 0.15) is 5.69 Å². The highest BCUT2D eigenvalue weighted by Gasteiger charge is 2.18. The first-order valence-electron chi connectivity index (χ1n) is 11.1. The normalized spacial score (nSPS) is 14.4. The Morgan fingerprint density at radius 2 is 1.74 bits per heavy atom. The van der Waals surface area contributed by atoms with Crippen molar-refractivity contribution in [1.29, 1.82) is 0 Å². The Morgan fingerprint density at radius 1 is 0.968 bits per heavy atom. The first-order valence-corrected chi connectivity index (χ1v) is 11.1. The summed E-state index contributed by atoms with van der Waals surface area (Å²) in [6.45, 7) is 1.65. The molecule has 5 rings (SSSR count). The predicted octanol–water partition coefficient (Wildman–Crippen LogP) is 4.67. The van der Waals surface area contributed by atoms with Crippen molar-refractivity contribution in [2.45, 2.75) is 44.8 Å². The Bertz CT molecular complexity index is 1160. The van der Waals surface area contributed by atoms with Gasteiger partial charge in [-0.25, -0.2) is 9.67 Å². The van der Waals surface area contributed by atoms with Crippen LogP contribution in [0, 0.1) is 0 Å². The average Bonchev–Trinajstić information content (AvgIpc) is 3.43. The quantitative estimate of drug-likeness (QED) is 0.462. The summed E-state index contributed by atoms with van der Waals surface area (Å²) < 4.78 is 1.85. The fourth-order valence-electron chi connectivity index (χ4n) is 4.35. The number of hydrogen-bond donors (Lipinski definition) is 2. The Kier molecular flexibility index (Phi) is 5.63. The Morgan fingerprint density at radius 3 is 2.58 bits per heavy atom. The van der Waals surface area contributed by atoms with E-state index in [1.54, 1.807) is 0 Å². The Hall–Kier alpha value is -3.25. The van der Waals surface area contributed by atoms with Crippen LogP contribution in [-0.4, -0.2) is 25.8 Å². The van der Waals surface area contributed by atoms with Gasteiger partial charge >= 0.3 is 0 Å². The van der Waals surface area contributed by atoms with E-state index in [0.717, 1.165) is 35.4 Å². The number of aryl methyl sites for hydroxylation is 1. The summed E-state index contributed by atoms with van der Waals surface area (Å²) in [6, 6.07) is 19.5. The second kappa shape index (κ2) is 8.86. The van der Waals surface area contributed by atoms with Crippen molar-refractivity contribution in [2.75, 3.05) is 5.32 Å². The number of nitrogens with one attached hydrogen (secondary N) is 2. The van der Waals surface area contributed by atoms with Crippen LogP contribution in [0.4, 0.5) is 5.95 Å². The molecule has 2 aromatic carbocycles. The summed E-state index contributed by atoms with van der Waals surface area (Å²) in [5.74, 6) is 0.702. The standard InChI is InChI=1S/C25H28N6/c1-31-24-22(17-27-25(29-24)28-21-12-5-6-13-21)23(30-31)20-11-7-10-19(14-20)16-26-15-18-8-3-2-4-9-18/h2-4,7-11,14,17,21,26H,5-6,12-13,15-16H2,1H3,(H,27,28,29). The van der Waals surface area contributed by atoms with Crippen LogP contribution < -0.4 is 10.6 Å². The van der Waals surface area contributed by atoms with Crippen LogP contribution in [0.25, 0.3) is 22.3 Å². The number of rotatable bonds is 7. The van der Waals surface area contributed by atoms with Crippen molar-refractivity contribution < 1.29 is 0 Å². The summed E-state index contributed by atoms with van der Waals surface area (Å²) >= 11 is 0. The fourth-order valence-corrected chi connectivity index (χ4v) is 4.35. The van der Waals surface area contributed by atoms with E-state index < -0.39 is 0 Å². The first-order chi connectivity index (χ1) is 15.3. The molecule has 1 aliphatic carbocycles. The van der Waals surface area contributed by atoms with Gasteiger partial charge in [-0.15, -0.1) is 0 Å². The van der Waals surface area contributed by atoms with Crippen LogP contribution in [0.3, 0.4) is 0 Å². The molecule has 2 heterocycles. The van der Waals surface area contributed by atoms with Crippen molar-refractivity contribution in [1.82, 2.24) is 25.1 Å². The van der Waals surface area contributed by atoms with Crippen LogP contribution in [0.2, 0.25) is 0 Å². The van der Waals surface area contributed by atoms with Gasteiger partial charge in [-0.2, -0.15) is 10.1 Å². The second-order valence-corrected chi connectivity index (χ2v) is 8.32. The van der Waals surface area contributed by atoms with Crippen LogP contribution in [-0.2, 0) is 20.1 Å². The molecule has 1 saturated carbocycles. The van der Waals surface area contributed by atoms with Crippen LogP contribution in [0.1, 0.15) is 36.8 Å². The molecule has 0 amide bonds. The lowest BCUT2D eigenvalue weighted by Gasteiger charge is -2.11. The van der Waals surface area contributed by atoms with Crippen LogP contribution >= 0.6 is 0 Å². The van der Waals surface area contributed by atoms with Crippen molar-refractivity contribution >= 4 is 17.0 Å². The molecule has 0 aliphatic heterocycles. The minimum Gasteiger partial charge on any atom is -0.351 e. The molecule has 158 valence electrons. The Balaban J connectivity index is 1.34. The molecule has 31 heavy (non-hydrogen) atoms. The molecular weight excluding hydrogens is 384 g/mol. The molecule has 2 N–H and O–H groups in total. The number of nitrogens with zero attached hydrogens (tertiary/aromatic N) is 4. The van der Waals surface area contributed by atoms with E-state index in [9.17, 15) is 0 Å². The molecular formula is C25H28N6. The number of anilines is 1. The van der Waals surface area contributed by atoms with Gasteiger partial charge in [-0.3, -0.25) is 0 Å². The minimum absolute atomic E-state index is 0.491. The number of hydrogen-bond acceptors (Lipinski definition) is 5. The average molecular weight is 413 g/mol. The smallest absolute Gasteiger partial charge is 0.224 e. The monoisotopic (exact) mass is 412 g/mol. The maximum Gasteiger partial charge on any atom is 0.224 e. The fraction of sp³-hybridized carbons (Fsp3) is 0.320. The van der Waals surface area contributed by atoms with Gasteiger partial charge in [-0.05, 0) is 30.0 Å². The summed E-state index contributed by atoms with van der Waals surface area (Å²) in [7, 11) is 1.95. The van der Waals surface area contributed by atoms with Gasteiger partial charge < -0.3 is 10.6 Å². The second-order valence-electron chi connectivity index (χ2n) is 8.32. The summed E-state index contributed by atoms with van der Waals surface area (Å²) in [5, 5.41) is 12.8. The molecule has 6 heteroatoms. The largest absolute Gasteiger partial charge is 0.351 e. The lowest BCUT2D eigenvalue weighted by Crippen LogP contribution is -2.16. The molecule has 6 nitrogen and oxygen atoms in total. The number of benzene rings is 2. The van der Waals surface area contributed by atoms with Gasteiger partial charge in [-0.1, -0.05) is 61.4 Å². The summed E-state index contributed by atoms with van der Waals surface area (Å²) in [5.41, 5.74) is 5.39. The molecule has 4 aromatic rings. The summed E-state index contributed by atoms with van der Waals surface area (Å²) in [6.07, 6.45) is 6.87. The van der Waals surface area contributed by atoms with Gasteiger partial charge in [0, 0.05) is 37.9 Å².